The summed E-state index contributed by atoms with van der Waals surface area (Å²) in [5.41, 5.74) is 7.12. The maximum Gasteiger partial charge on any atom is 0.331 e. The highest BCUT2D eigenvalue weighted by atomic mass is 32.2. The molecule has 0 amide bonds. The molecule has 1 fully saturated rings. The van der Waals surface area contributed by atoms with E-state index in [4.69, 9.17) is 4.74 Å². The van der Waals surface area contributed by atoms with E-state index in [1.807, 2.05) is 24.3 Å². The monoisotopic (exact) mass is 472 g/mol. The lowest BCUT2D eigenvalue weighted by Gasteiger charge is -2.19. The number of carboxylic acid groups (broad SMARTS) is 1. The van der Waals surface area contributed by atoms with Gasteiger partial charge in [0.2, 0.25) is 0 Å². The summed E-state index contributed by atoms with van der Waals surface area (Å²) >= 11 is 1.78. The Hall–Kier alpha value is -3.31. The van der Waals surface area contributed by atoms with Crippen LogP contribution in [-0.2, 0) is 4.79 Å². The standard InChI is InChI=1S/C29H25FO3S/c1-17(29(31)32)28(20-7-8-20)21-9-12-27-22(13-21)14-23(16-34-27)18-3-5-19(6-4-18)25-15-24(33-2)10-11-26(25)30/h3-6,9-15,20H,7-8,16H2,1-2H3,(H,31,32)/b28-17-. The smallest absolute Gasteiger partial charge is 0.331 e. The molecule has 0 aromatic heterocycles. The number of methoxy groups -OCH3 is 1. The lowest BCUT2D eigenvalue weighted by atomic mass is 9.93. The van der Waals surface area contributed by atoms with Gasteiger partial charge in [-0.2, -0.15) is 0 Å². The highest BCUT2D eigenvalue weighted by Crippen LogP contribution is 2.45. The normalized spacial score (nSPS) is 15.8. The topological polar surface area (TPSA) is 46.5 Å². The molecule has 0 atom stereocenters. The number of benzene rings is 3. The van der Waals surface area contributed by atoms with Gasteiger partial charge in [-0.15, -0.1) is 11.8 Å². The molecule has 172 valence electrons. The predicted molar refractivity (Wildman–Crippen MR) is 136 cm³/mol. The van der Waals surface area contributed by atoms with E-state index in [1.54, 1.807) is 37.9 Å². The van der Waals surface area contributed by atoms with Crippen molar-refractivity contribution in [2.24, 2.45) is 5.92 Å². The largest absolute Gasteiger partial charge is 0.497 e. The first kappa shape index (κ1) is 22.5. The van der Waals surface area contributed by atoms with Crippen molar-refractivity contribution in [2.45, 2.75) is 24.7 Å². The van der Waals surface area contributed by atoms with Crippen molar-refractivity contribution < 1.29 is 19.0 Å². The van der Waals surface area contributed by atoms with E-state index in [2.05, 4.69) is 24.3 Å². The average Bonchev–Trinajstić information content (AvgIpc) is 3.69. The van der Waals surface area contributed by atoms with Crippen LogP contribution in [-0.4, -0.2) is 23.9 Å². The molecule has 1 aliphatic heterocycles. The Labute approximate surface area is 203 Å². The molecule has 0 spiro atoms. The van der Waals surface area contributed by atoms with Crippen molar-refractivity contribution in [3.63, 3.8) is 0 Å². The van der Waals surface area contributed by atoms with Crippen LogP contribution in [0.2, 0.25) is 0 Å². The molecule has 3 nitrogen and oxygen atoms in total. The van der Waals surface area contributed by atoms with Gasteiger partial charge in [0.25, 0.3) is 0 Å². The summed E-state index contributed by atoms with van der Waals surface area (Å²) in [6.07, 6.45) is 4.29. The Balaban J connectivity index is 1.47. The molecule has 1 N–H and O–H groups in total. The van der Waals surface area contributed by atoms with Gasteiger partial charge in [-0.05, 0) is 95.5 Å². The predicted octanol–water partition coefficient (Wildman–Crippen LogP) is 7.42. The van der Waals surface area contributed by atoms with Crippen molar-refractivity contribution in [3.05, 3.63) is 88.7 Å². The number of rotatable bonds is 6. The van der Waals surface area contributed by atoms with Crippen LogP contribution in [0.3, 0.4) is 0 Å². The molecule has 34 heavy (non-hydrogen) atoms. The Bertz CT molecular complexity index is 1330. The molecule has 0 saturated heterocycles. The van der Waals surface area contributed by atoms with Crippen LogP contribution >= 0.6 is 11.8 Å². The number of thioether (sulfide) groups is 1. The molecular weight excluding hydrogens is 447 g/mol. The van der Waals surface area contributed by atoms with Gasteiger partial charge in [0.15, 0.2) is 0 Å². The van der Waals surface area contributed by atoms with E-state index in [0.717, 1.165) is 46.4 Å². The Morgan fingerprint density at radius 3 is 2.44 bits per heavy atom. The van der Waals surface area contributed by atoms with Crippen LogP contribution in [0.1, 0.15) is 36.5 Å². The summed E-state index contributed by atoms with van der Waals surface area (Å²) in [7, 11) is 1.57. The zero-order valence-electron chi connectivity index (χ0n) is 19.1. The van der Waals surface area contributed by atoms with E-state index < -0.39 is 5.97 Å². The van der Waals surface area contributed by atoms with Crippen LogP contribution in [0.4, 0.5) is 4.39 Å². The molecule has 2 aliphatic rings. The van der Waals surface area contributed by atoms with Crippen LogP contribution in [0.5, 0.6) is 5.75 Å². The first-order chi connectivity index (χ1) is 16.4. The highest BCUT2D eigenvalue weighted by Gasteiger charge is 2.30. The number of carbonyl (C=O) groups is 1. The number of ether oxygens (including phenoxy) is 1. The van der Waals surface area contributed by atoms with Gasteiger partial charge >= 0.3 is 5.97 Å². The fraction of sp³-hybridized carbons (Fsp3) is 0.207. The number of carboxylic acids is 1. The van der Waals surface area contributed by atoms with Gasteiger partial charge in [-0.3, -0.25) is 0 Å². The lowest BCUT2D eigenvalue weighted by molar-refractivity contribution is -0.132. The van der Waals surface area contributed by atoms with Gasteiger partial charge < -0.3 is 9.84 Å². The van der Waals surface area contributed by atoms with Gasteiger partial charge in [-0.25, -0.2) is 9.18 Å². The molecule has 1 aliphatic carbocycles. The molecule has 1 heterocycles. The number of aliphatic carboxylic acids is 1. The second-order valence-corrected chi connectivity index (χ2v) is 9.77. The maximum atomic E-state index is 14.4. The Kier molecular flexibility index (Phi) is 6.05. The van der Waals surface area contributed by atoms with E-state index in [9.17, 15) is 14.3 Å². The molecule has 0 radical (unpaired) electrons. The summed E-state index contributed by atoms with van der Waals surface area (Å²) in [5, 5.41) is 9.57. The zero-order valence-corrected chi connectivity index (χ0v) is 19.9. The number of fused-ring (bicyclic) bond motifs is 1. The second-order valence-electron chi connectivity index (χ2n) is 8.75. The second kappa shape index (κ2) is 9.15. The maximum absolute atomic E-state index is 14.4. The van der Waals surface area contributed by atoms with E-state index in [1.165, 1.54) is 16.5 Å². The minimum Gasteiger partial charge on any atom is -0.497 e. The average molecular weight is 473 g/mol. The van der Waals surface area contributed by atoms with Gasteiger partial charge in [-0.1, -0.05) is 30.3 Å². The molecule has 0 bridgehead atoms. The molecule has 3 aromatic rings. The van der Waals surface area contributed by atoms with E-state index in [-0.39, 0.29) is 5.82 Å². The van der Waals surface area contributed by atoms with Gasteiger partial charge in [0.1, 0.15) is 11.6 Å². The van der Waals surface area contributed by atoms with Crippen LogP contribution < -0.4 is 4.74 Å². The van der Waals surface area contributed by atoms with Crippen LogP contribution in [0.15, 0.2) is 71.1 Å². The minimum atomic E-state index is -0.849. The lowest BCUT2D eigenvalue weighted by Crippen LogP contribution is -2.03. The van der Waals surface area contributed by atoms with Crippen LogP contribution in [0, 0.1) is 11.7 Å². The van der Waals surface area contributed by atoms with Crippen molar-refractivity contribution >= 4 is 35.0 Å². The van der Waals surface area contributed by atoms with Crippen molar-refractivity contribution in [3.8, 4) is 16.9 Å². The van der Waals surface area contributed by atoms with E-state index >= 15 is 0 Å². The molecule has 1 saturated carbocycles. The quantitative estimate of drug-likeness (QED) is 0.379. The SMILES string of the molecule is COc1ccc(F)c(-c2ccc(C3=Cc4cc(/C(=C(/C)C(=O)O)C5CC5)ccc4SC3)cc2)c1. The third-order valence-corrected chi connectivity index (χ3v) is 7.62. The summed E-state index contributed by atoms with van der Waals surface area (Å²) in [6, 6.07) is 19.0. The Morgan fingerprint density at radius 2 is 1.76 bits per heavy atom. The number of allylic oxidation sites excluding steroid dienone is 1. The van der Waals surface area contributed by atoms with Crippen LogP contribution in [0.25, 0.3) is 28.3 Å². The molecule has 5 rings (SSSR count). The fourth-order valence-corrected chi connectivity index (χ4v) is 5.48. The number of hydrogen-bond acceptors (Lipinski definition) is 3. The third-order valence-electron chi connectivity index (χ3n) is 6.48. The van der Waals surface area contributed by atoms with Crippen molar-refractivity contribution in [2.75, 3.05) is 12.9 Å². The highest BCUT2D eigenvalue weighted by molar-refractivity contribution is 7.99. The van der Waals surface area contributed by atoms with Crippen molar-refractivity contribution in [1.29, 1.82) is 0 Å². The Morgan fingerprint density at radius 1 is 1.03 bits per heavy atom. The molecule has 5 heteroatoms. The number of halogens is 1. The zero-order chi connectivity index (χ0) is 23.8. The van der Waals surface area contributed by atoms with Crippen molar-refractivity contribution in [1.82, 2.24) is 0 Å². The molecule has 3 aromatic carbocycles. The number of hydrogen-bond donors (Lipinski definition) is 1. The van der Waals surface area contributed by atoms with Gasteiger partial charge in [0.05, 0.1) is 7.11 Å². The summed E-state index contributed by atoms with van der Waals surface area (Å²) < 4.78 is 19.6. The minimum absolute atomic E-state index is 0.279. The fourth-order valence-electron chi connectivity index (χ4n) is 4.47. The first-order valence-corrected chi connectivity index (χ1v) is 12.3. The summed E-state index contributed by atoms with van der Waals surface area (Å²) in [4.78, 5) is 12.9. The molecular formula is C29H25FO3S. The third kappa shape index (κ3) is 4.40. The molecule has 0 unspecified atom stereocenters. The summed E-state index contributed by atoms with van der Waals surface area (Å²) in [5.74, 6) is 0.686. The van der Waals surface area contributed by atoms with Gasteiger partial charge in [0, 0.05) is 21.8 Å². The summed E-state index contributed by atoms with van der Waals surface area (Å²) in [6.45, 7) is 1.71. The van der Waals surface area contributed by atoms with E-state index in [0.29, 0.717) is 22.8 Å². The first-order valence-electron chi connectivity index (χ1n) is 11.3.